The minimum absolute atomic E-state index is 0.269. The zero-order chi connectivity index (χ0) is 10.3. The van der Waals surface area contributed by atoms with Crippen molar-refractivity contribution in [3.05, 3.63) is 0 Å². The Morgan fingerprint density at radius 3 is 2.54 bits per heavy atom. The molecule has 0 aromatic rings. The lowest BCUT2D eigenvalue weighted by molar-refractivity contribution is -0.142. The van der Waals surface area contributed by atoms with Gasteiger partial charge in [0.2, 0.25) is 5.91 Å². The zero-order valence-electron chi connectivity index (χ0n) is 7.32. The predicted molar refractivity (Wildman–Crippen MR) is 49.7 cm³/mol. The fourth-order valence-corrected chi connectivity index (χ4v) is 1.04. The highest BCUT2D eigenvalue weighted by molar-refractivity contribution is 7.98. The van der Waals surface area contributed by atoms with Gasteiger partial charge in [-0.3, -0.25) is 4.79 Å². The molecule has 1 amide bonds. The van der Waals surface area contributed by atoms with Crippen LogP contribution in [0.5, 0.6) is 0 Å². The maximum atomic E-state index is 11.0. The quantitative estimate of drug-likeness (QED) is 0.536. The Bertz CT molecular complexity index is 185. The van der Waals surface area contributed by atoms with Gasteiger partial charge < -0.3 is 15.5 Å². The highest BCUT2D eigenvalue weighted by Crippen LogP contribution is 1.95. The van der Waals surface area contributed by atoms with E-state index >= 15 is 0 Å². The van der Waals surface area contributed by atoms with E-state index in [0.717, 1.165) is 0 Å². The van der Waals surface area contributed by atoms with Gasteiger partial charge in [0.25, 0.3) is 0 Å². The summed E-state index contributed by atoms with van der Waals surface area (Å²) in [4.78, 5) is 21.3. The van der Waals surface area contributed by atoms with Crippen LogP contribution in [0, 0.1) is 0 Å². The predicted octanol–water partition coefficient (Wildman–Crippen LogP) is -0.699. The summed E-state index contributed by atoms with van der Waals surface area (Å²) in [6.07, 6.45) is 2.12. The van der Waals surface area contributed by atoms with Gasteiger partial charge in [0.05, 0.1) is 6.61 Å². The van der Waals surface area contributed by atoms with Crippen molar-refractivity contribution in [2.75, 3.05) is 18.6 Å². The fraction of sp³-hybridized carbons (Fsp3) is 0.714. The Labute approximate surface area is 80.5 Å². The number of hydrogen-bond donors (Lipinski definition) is 3. The van der Waals surface area contributed by atoms with Crippen molar-refractivity contribution in [2.24, 2.45) is 0 Å². The number of hydrogen-bond acceptors (Lipinski definition) is 4. The molecule has 3 N–H and O–H groups in total. The van der Waals surface area contributed by atoms with Gasteiger partial charge in [-0.2, -0.15) is 11.8 Å². The molecular weight excluding hydrogens is 194 g/mol. The van der Waals surface area contributed by atoms with Gasteiger partial charge in [0.1, 0.15) is 6.04 Å². The molecule has 76 valence electrons. The average Bonchev–Trinajstić information content (AvgIpc) is 2.10. The van der Waals surface area contributed by atoms with E-state index in [9.17, 15) is 9.59 Å². The molecule has 0 aliphatic rings. The van der Waals surface area contributed by atoms with E-state index in [1.807, 2.05) is 6.26 Å². The highest BCUT2D eigenvalue weighted by Gasteiger charge is 2.17. The largest absolute Gasteiger partial charge is 0.480 e. The first-order valence-corrected chi connectivity index (χ1v) is 5.13. The molecule has 0 aliphatic carbocycles. The zero-order valence-corrected chi connectivity index (χ0v) is 8.13. The van der Waals surface area contributed by atoms with Crippen molar-refractivity contribution in [1.82, 2.24) is 5.32 Å². The molecule has 0 saturated heterocycles. The van der Waals surface area contributed by atoms with Crippen molar-refractivity contribution in [1.29, 1.82) is 0 Å². The standard InChI is InChI=1S/C7H13NO4S/c1-13-3-2-6(10)8-5(4-9)7(11)12/h5,9H,2-4H2,1H3,(H,8,10)(H,11,12)/t5-/m1/s1. The smallest absolute Gasteiger partial charge is 0.328 e. The monoisotopic (exact) mass is 207 g/mol. The summed E-state index contributed by atoms with van der Waals surface area (Å²) in [5, 5.41) is 19.2. The molecule has 0 spiro atoms. The SMILES string of the molecule is CSCCC(=O)N[C@H](CO)C(=O)O. The molecule has 0 aromatic heterocycles. The lowest BCUT2D eigenvalue weighted by Gasteiger charge is -2.10. The van der Waals surface area contributed by atoms with E-state index in [-0.39, 0.29) is 12.3 Å². The molecule has 0 unspecified atom stereocenters. The molecule has 6 heteroatoms. The summed E-state index contributed by atoms with van der Waals surface area (Å²) >= 11 is 1.50. The first-order chi connectivity index (χ1) is 6.11. The van der Waals surface area contributed by atoms with Crippen molar-refractivity contribution in [3.63, 3.8) is 0 Å². The Balaban J connectivity index is 3.80. The summed E-state index contributed by atoms with van der Waals surface area (Å²) in [6.45, 7) is -0.583. The van der Waals surface area contributed by atoms with E-state index in [1.54, 1.807) is 0 Å². The topological polar surface area (TPSA) is 86.6 Å². The molecule has 13 heavy (non-hydrogen) atoms. The van der Waals surface area contributed by atoms with Gasteiger partial charge in [-0.1, -0.05) is 0 Å². The van der Waals surface area contributed by atoms with Crippen molar-refractivity contribution < 1.29 is 19.8 Å². The third-order valence-corrected chi connectivity index (χ3v) is 1.96. The molecular formula is C7H13NO4S. The number of carbonyl (C=O) groups is 2. The lowest BCUT2D eigenvalue weighted by Crippen LogP contribution is -2.43. The van der Waals surface area contributed by atoms with E-state index in [2.05, 4.69) is 5.32 Å². The minimum Gasteiger partial charge on any atom is -0.480 e. The minimum atomic E-state index is -1.22. The Kier molecular flexibility index (Phi) is 6.34. The molecule has 0 aliphatic heterocycles. The molecule has 0 heterocycles. The van der Waals surface area contributed by atoms with Crippen molar-refractivity contribution in [2.45, 2.75) is 12.5 Å². The first kappa shape index (κ1) is 12.2. The maximum absolute atomic E-state index is 11.0. The van der Waals surface area contributed by atoms with Crippen LogP contribution in [0.15, 0.2) is 0 Å². The molecule has 0 fully saturated rings. The van der Waals surface area contributed by atoms with Gasteiger partial charge in [-0.05, 0) is 6.26 Å². The molecule has 0 bridgehead atoms. The third kappa shape index (κ3) is 5.48. The van der Waals surface area contributed by atoms with Gasteiger partial charge in [-0.15, -0.1) is 0 Å². The second kappa shape index (κ2) is 6.73. The third-order valence-electron chi connectivity index (χ3n) is 1.35. The molecule has 0 aromatic carbocycles. The number of nitrogens with one attached hydrogen (secondary N) is 1. The van der Waals surface area contributed by atoms with Crippen LogP contribution < -0.4 is 5.32 Å². The number of rotatable bonds is 6. The van der Waals surface area contributed by atoms with Crippen LogP contribution in [0.3, 0.4) is 0 Å². The summed E-state index contributed by atoms with van der Waals surface area (Å²) in [6, 6.07) is -1.19. The van der Waals surface area contributed by atoms with Crippen LogP contribution in [0.25, 0.3) is 0 Å². The van der Waals surface area contributed by atoms with Crippen LogP contribution in [-0.2, 0) is 9.59 Å². The number of aliphatic hydroxyl groups is 1. The molecule has 0 rings (SSSR count). The molecule has 0 radical (unpaired) electrons. The number of carbonyl (C=O) groups excluding carboxylic acids is 1. The number of carboxylic acids is 1. The van der Waals surface area contributed by atoms with Crippen LogP contribution >= 0.6 is 11.8 Å². The maximum Gasteiger partial charge on any atom is 0.328 e. The Morgan fingerprint density at radius 1 is 1.54 bits per heavy atom. The molecule has 1 atom stereocenters. The van der Waals surface area contributed by atoms with Gasteiger partial charge >= 0.3 is 5.97 Å². The number of carboxylic acid groups (broad SMARTS) is 1. The summed E-state index contributed by atoms with van der Waals surface area (Å²) < 4.78 is 0. The van der Waals surface area contributed by atoms with E-state index in [4.69, 9.17) is 10.2 Å². The van der Waals surface area contributed by atoms with Crippen LogP contribution in [0.4, 0.5) is 0 Å². The van der Waals surface area contributed by atoms with Gasteiger partial charge in [0.15, 0.2) is 0 Å². The summed E-state index contributed by atoms with van der Waals surface area (Å²) in [5.74, 6) is -0.931. The highest BCUT2D eigenvalue weighted by atomic mass is 32.2. The summed E-state index contributed by atoms with van der Waals surface area (Å²) in [5.41, 5.74) is 0. The second-order valence-electron chi connectivity index (χ2n) is 2.38. The van der Waals surface area contributed by atoms with Crippen LogP contribution in [-0.4, -0.2) is 46.7 Å². The number of thioether (sulfide) groups is 1. The van der Waals surface area contributed by atoms with E-state index in [0.29, 0.717) is 5.75 Å². The normalized spacial score (nSPS) is 12.2. The molecule has 5 nitrogen and oxygen atoms in total. The first-order valence-electron chi connectivity index (χ1n) is 3.73. The van der Waals surface area contributed by atoms with Crippen LogP contribution in [0.1, 0.15) is 6.42 Å². The van der Waals surface area contributed by atoms with Crippen molar-refractivity contribution in [3.8, 4) is 0 Å². The van der Waals surface area contributed by atoms with Crippen molar-refractivity contribution >= 4 is 23.6 Å². The Hall–Kier alpha value is -0.750. The average molecular weight is 207 g/mol. The number of amides is 1. The van der Waals surface area contributed by atoms with Crippen LogP contribution in [0.2, 0.25) is 0 Å². The second-order valence-corrected chi connectivity index (χ2v) is 3.37. The van der Waals surface area contributed by atoms with Gasteiger partial charge in [-0.25, -0.2) is 4.79 Å². The Morgan fingerprint density at radius 2 is 2.15 bits per heavy atom. The summed E-state index contributed by atoms with van der Waals surface area (Å²) in [7, 11) is 0. The molecule has 0 saturated carbocycles. The number of aliphatic carboxylic acids is 1. The van der Waals surface area contributed by atoms with E-state index < -0.39 is 18.6 Å². The number of aliphatic hydroxyl groups excluding tert-OH is 1. The van der Waals surface area contributed by atoms with E-state index in [1.165, 1.54) is 11.8 Å². The van der Waals surface area contributed by atoms with Gasteiger partial charge in [0, 0.05) is 12.2 Å². The lowest BCUT2D eigenvalue weighted by atomic mass is 10.3. The fourth-order valence-electron chi connectivity index (χ4n) is 0.647.